The standard InChI is InChI=1S/C13H16O3/c1-2-11-12(13(14)15)10(8-16-11)9-6-4-3-5-7-9/h3-7,10-12H,2,8H2,1H3,(H,14,15). The molecule has 1 aliphatic heterocycles. The van der Waals surface area contributed by atoms with Gasteiger partial charge in [0, 0.05) is 5.92 Å². The number of hydrogen-bond acceptors (Lipinski definition) is 2. The Morgan fingerprint density at radius 2 is 2.12 bits per heavy atom. The Kier molecular flexibility index (Phi) is 3.25. The molecule has 0 amide bonds. The summed E-state index contributed by atoms with van der Waals surface area (Å²) in [6, 6.07) is 9.76. The van der Waals surface area contributed by atoms with Gasteiger partial charge >= 0.3 is 5.97 Å². The molecule has 3 atom stereocenters. The van der Waals surface area contributed by atoms with E-state index < -0.39 is 11.9 Å². The molecule has 1 heterocycles. The Hall–Kier alpha value is -1.35. The van der Waals surface area contributed by atoms with Gasteiger partial charge in [-0.25, -0.2) is 0 Å². The lowest BCUT2D eigenvalue weighted by atomic mass is 9.85. The average Bonchev–Trinajstić information content (AvgIpc) is 2.73. The monoisotopic (exact) mass is 220 g/mol. The first-order valence-electron chi connectivity index (χ1n) is 5.63. The SMILES string of the molecule is CCC1OCC(c2ccccc2)C1C(=O)O. The lowest BCUT2D eigenvalue weighted by Gasteiger charge is -2.17. The zero-order valence-electron chi connectivity index (χ0n) is 9.30. The highest BCUT2D eigenvalue weighted by atomic mass is 16.5. The average molecular weight is 220 g/mol. The summed E-state index contributed by atoms with van der Waals surface area (Å²) in [7, 11) is 0. The second-order valence-corrected chi connectivity index (χ2v) is 4.16. The third-order valence-corrected chi connectivity index (χ3v) is 3.24. The van der Waals surface area contributed by atoms with E-state index >= 15 is 0 Å². The smallest absolute Gasteiger partial charge is 0.309 e. The maximum Gasteiger partial charge on any atom is 0.309 e. The molecule has 3 nitrogen and oxygen atoms in total. The van der Waals surface area contributed by atoms with Gasteiger partial charge in [-0.3, -0.25) is 4.79 Å². The van der Waals surface area contributed by atoms with E-state index in [9.17, 15) is 9.90 Å². The summed E-state index contributed by atoms with van der Waals surface area (Å²) in [5.74, 6) is -1.17. The van der Waals surface area contributed by atoms with Gasteiger partial charge in [0.25, 0.3) is 0 Å². The van der Waals surface area contributed by atoms with E-state index in [1.165, 1.54) is 0 Å². The number of benzene rings is 1. The molecule has 86 valence electrons. The van der Waals surface area contributed by atoms with Crippen molar-refractivity contribution in [1.29, 1.82) is 0 Å². The summed E-state index contributed by atoms with van der Waals surface area (Å²) in [6.45, 7) is 2.48. The van der Waals surface area contributed by atoms with Crippen molar-refractivity contribution in [1.82, 2.24) is 0 Å². The third-order valence-electron chi connectivity index (χ3n) is 3.24. The van der Waals surface area contributed by atoms with Crippen molar-refractivity contribution >= 4 is 5.97 Å². The number of rotatable bonds is 3. The van der Waals surface area contributed by atoms with Crippen molar-refractivity contribution in [2.24, 2.45) is 5.92 Å². The molecular formula is C13H16O3. The molecule has 1 saturated heterocycles. The zero-order valence-corrected chi connectivity index (χ0v) is 9.30. The third kappa shape index (κ3) is 1.95. The van der Waals surface area contributed by atoms with Crippen molar-refractivity contribution in [2.75, 3.05) is 6.61 Å². The maximum atomic E-state index is 11.3. The van der Waals surface area contributed by atoms with Crippen LogP contribution in [-0.4, -0.2) is 23.8 Å². The molecule has 0 aromatic heterocycles. The molecule has 0 aliphatic carbocycles. The lowest BCUT2D eigenvalue weighted by Crippen LogP contribution is -2.27. The van der Waals surface area contributed by atoms with Crippen LogP contribution in [-0.2, 0) is 9.53 Å². The molecule has 1 aromatic rings. The van der Waals surface area contributed by atoms with Gasteiger partial charge in [-0.2, -0.15) is 0 Å². The Bertz CT molecular complexity index is 361. The second kappa shape index (κ2) is 4.66. The van der Waals surface area contributed by atoms with Gasteiger partial charge in [0.05, 0.1) is 18.6 Å². The van der Waals surface area contributed by atoms with Crippen LogP contribution in [0.25, 0.3) is 0 Å². The Labute approximate surface area is 95.0 Å². The summed E-state index contributed by atoms with van der Waals surface area (Å²) in [5, 5.41) is 9.27. The van der Waals surface area contributed by atoms with E-state index in [1.54, 1.807) is 0 Å². The van der Waals surface area contributed by atoms with Crippen molar-refractivity contribution in [2.45, 2.75) is 25.4 Å². The molecule has 1 N–H and O–H groups in total. The Morgan fingerprint density at radius 3 is 2.69 bits per heavy atom. The van der Waals surface area contributed by atoms with Crippen LogP contribution < -0.4 is 0 Å². The summed E-state index contributed by atoms with van der Waals surface area (Å²) < 4.78 is 5.56. The van der Waals surface area contributed by atoms with E-state index in [0.29, 0.717) is 6.61 Å². The summed E-state index contributed by atoms with van der Waals surface area (Å²) in [5.41, 5.74) is 1.06. The predicted molar refractivity (Wildman–Crippen MR) is 60.3 cm³/mol. The van der Waals surface area contributed by atoms with Crippen molar-refractivity contribution < 1.29 is 14.6 Å². The molecule has 16 heavy (non-hydrogen) atoms. The van der Waals surface area contributed by atoms with Crippen LogP contribution in [0.2, 0.25) is 0 Å². The second-order valence-electron chi connectivity index (χ2n) is 4.16. The number of carboxylic acids is 1. The van der Waals surface area contributed by atoms with Gasteiger partial charge in [0.2, 0.25) is 0 Å². The molecule has 0 radical (unpaired) electrons. The summed E-state index contributed by atoms with van der Waals surface area (Å²) >= 11 is 0. The molecule has 1 aromatic carbocycles. The fourth-order valence-electron chi connectivity index (χ4n) is 2.40. The molecule has 1 fully saturated rings. The molecular weight excluding hydrogens is 204 g/mol. The molecule has 3 heteroatoms. The fourth-order valence-corrected chi connectivity index (χ4v) is 2.40. The van der Waals surface area contributed by atoms with E-state index in [0.717, 1.165) is 12.0 Å². The van der Waals surface area contributed by atoms with Gasteiger partial charge in [-0.1, -0.05) is 37.3 Å². The quantitative estimate of drug-likeness (QED) is 0.850. The predicted octanol–water partition coefficient (Wildman–Crippen LogP) is 2.28. The van der Waals surface area contributed by atoms with Crippen molar-refractivity contribution in [3.63, 3.8) is 0 Å². The van der Waals surface area contributed by atoms with Crippen LogP contribution in [0, 0.1) is 5.92 Å². The van der Waals surface area contributed by atoms with Crippen LogP contribution in [0.1, 0.15) is 24.8 Å². The van der Waals surface area contributed by atoms with Gasteiger partial charge < -0.3 is 9.84 Å². The van der Waals surface area contributed by atoms with E-state index in [-0.39, 0.29) is 12.0 Å². The van der Waals surface area contributed by atoms with Crippen LogP contribution >= 0.6 is 0 Å². The van der Waals surface area contributed by atoms with E-state index in [4.69, 9.17) is 4.74 Å². The molecule has 1 aliphatic rings. The number of carbonyl (C=O) groups is 1. The first-order chi connectivity index (χ1) is 7.74. The zero-order chi connectivity index (χ0) is 11.5. The minimum absolute atomic E-state index is 0.0105. The Morgan fingerprint density at radius 1 is 1.44 bits per heavy atom. The van der Waals surface area contributed by atoms with Gasteiger partial charge in [0.15, 0.2) is 0 Å². The number of ether oxygens (including phenoxy) is 1. The van der Waals surface area contributed by atoms with Crippen molar-refractivity contribution in [3.8, 4) is 0 Å². The largest absolute Gasteiger partial charge is 0.481 e. The minimum atomic E-state index is -0.752. The first-order valence-corrected chi connectivity index (χ1v) is 5.63. The van der Waals surface area contributed by atoms with Crippen LogP contribution in [0.5, 0.6) is 0 Å². The molecule has 0 spiro atoms. The highest BCUT2D eigenvalue weighted by Crippen LogP contribution is 2.36. The minimum Gasteiger partial charge on any atom is -0.481 e. The highest BCUT2D eigenvalue weighted by Gasteiger charge is 2.41. The number of carboxylic acid groups (broad SMARTS) is 1. The molecule has 2 rings (SSSR count). The fraction of sp³-hybridized carbons (Fsp3) is 0.462. The van der Waals surface area contributed by atoms with E-state index in [2.05, 4.69) is 0 Å². The molecule has 0 saturated carbocycles. The number of hydrogen-bond donors (Lipinski definition) is 1. The first kappa shape index (κ1) is 11.1. The normalized spacial score (nSPS) is 29.2. The van der Waals surface area contributed by atoms with E-state index in [1.807, 2.05) is 37.3 Å². The lowest BCUT2D eigenvalue weighted by molar-refractivity contribution is -0.144. The van der Waals surface area contributed by atoms with Crippen molar-refractivity contribution in [3.05, 3.63) is 35.9 Å². The molecule has 3 unspecified atom stereocenters. The number of aliphatic carboxylic acids is 1. The summed E-state index contributed by atoms with van der Waals surface area (Å²) in [6.07, 6.45) is 0.600. The van der Waals surface area contributed by atoms with Gasteiger partial charge in [0.1, 0.15) is 0 Å². The van der Waals surface area contributed by atoms with Crippen LogP contribution in [0.4, 0.5) is 0 Å². The van der Waals surface area contributed by atoms with Crippen LogP contribution in [0.15, 0.2) is 30.3 Å². The highest BCUT2D eigenvalue weighted by molar-refractivity contribution is 5.72. The van der Waals surface area contributed by atoms with Gasteiger partial charge in [-0.05, 0) is 12.0 Å². The van der Waals surface area contributed by atoms with Crippen LogP contribution in [0.3, 0.4) is 0 Å². The topological polar surface area (TPSA) is 46.5 Å². The Balaban J connectivity index is 2.25. The maximum absolute atomic E-state index is 11.3. The van der Waals surface area contributed by atoms with Gasteiger partial charge in [-0.15, -0.1) is 0 Å². The molecule has 0 bridgehead atoms. The summed E-state index contributed by atoms with van der Waals surface area (Å²) in [4.78, 5) is 11.3.